The van der Waals surface area contributed by atoms with Crippen molar-refractivity contribution in [3.63, 3.8) is 0 Å². The average Bonchev–Trinajstić information content (AvgIpc) is 2.13. The van der Waals surface area contributed by atoms with Gasteiger partial charge >= 0.3 is 0 Å². The third kappa shape index (κ3) is 2.28. The van der Waals surface area contributed by atoms with Gasteiger partial charge in [0, 0.05) is 6.04 Å². The molecule has 1 aromatic heterocycles. The van der Waals surface area contributed by atoms with Crippen molar-refractivity contribution < 1.29 is 0 Å². The van der Waals surface area contributed by atoms with Gasteiger partial charge < -0.3 is 0 Å². The van der Waals surface area contributed by atoms with Gasteiger partial charge in [-0.25, -0.2) is 4.98 Å². The van der Waals surface area contributed by atoms with E-state index in [1.165, 1.54) is 6.33 Å². The lowest BCUT2D eigenvalue weighted by Crippen LogP contribution is -2.28. The molecule has 0 bridgehead atoms. The summed E-state index contributed by atoms with van der Waals surface area (Å²) in [5.74, 6) is 0.395. The quantitative estimate of drug-likeness (QED) is 0.619. The van der Waals surface area contributed by atoms with Crippen LogP contribution in [0, 0.1) is 9.49 Å². The molecular formula is C9H12ClIN2O. The molecule has 1 rings (SSSR count). The van der Waals surface area contributed by atoms with Gasteiger partial charge in [-0.3, -0.25) is 9.36 Å². The molecule has 0 amide bonds. The van der Waals surface area contributed by atoms with E-state index in [1.54, 1.807) is 4.57 Å². The SMILES string of the molecule is CC(C)C(C)n1cnc(Cl)c(I)c1=O. The van der Waals surface area contributed by atoms with Crippen molar-refractivity contribution in [2.24, 2.45) is 5.92 Å². The second-order valence-corrected chi connectivity index (χ2v) is 4.98. The molecule has 78 valence electrons. The Hall–Kier alpha value is -0.100. The summed E-state index contributed by atoms with van der Waals surface area (Å²) in [5.41, 5.74) is -0.0631. The molecule has 1 unspecified atom stereocenters. The van der Waals surface area contributed by atoms with Crippen LogP contribution in [-0.2, 0) is 0 Å². The monoisotopic (exact) mass is 326 g/mol. The third-order valence-electron chi connectivity index (χ3n) is 2.30. The van der Waals surface area contributed by atoms with Crippen molar-refractivity contribution in [1.29, 1.82) is 0 Å². The van der Waals surface area contributed by atoms with Crippen molar-refractivity contribution in [2.45, 2.75) is 26.8 Å². The molecule has 0 spiro atoms. The van der Waals surface area contributed by atoms with Crippen LogP contribution >= 0.6 is 34.2 Å². The largest absolute Gasteiger partial charge is 0.295 e. The lowest BCUT2D eigenvalue weighted by Gasteiger charge is -2.18. The molecule has 0 aliphatic carbocycles. The first-order chi connectivity index (χ1) is 6.45. The molecule has 0 saturated carbocycles. The van der Waals surface area contributed by atoms with E-state index in [4.69, 9.17) is 11.6 Å². The van der Waals surface area contributed by atoms with Crippen LogP contribution in [0.1, 0.15) is 26.8 Å². The Morgan fingerprint density at radius 2 is 2.07 bits per heavy atom. The normalized spacial score (nSPS) is 13.3. The second kappa shape index (κ2) is 4.61. The summed E-state index contributed by atoms with van der Waals surface area (Å²) in [7, 11) is 0. The van der Waals surface area contributed by atoms with E-state index >= 15 is 0 Å². The molecule has 1 atom stereocenters. The minimum Gasteiger partial charge on any atom is -0.295 e. The first-order valence-electron chi connectivity index (χ1n) is 4.37. The standard InChI is InChI=1S/C9H12ClIN2O/c1-5(2)6(3)13-4-12-8(10)7(11)9(13)14/h4-6H,1-3H3. The fraction of sp³-hybridized carbons (Fsp3) is 0.556. The zero-order valence-corrected chi connectivity index (χ0v) is 11.2. The van der Waals surface area contributed by atoms with Gasteiger partial charge in [0.2, 0.25) is 0 Å². The highest BCUT2D eigenvalue weighted by Gasteiger charge is 2.14. The molecule has 0 aliphatic heterocycles. The van der Waals surface area contributed by atoms with Crippen LogP contribution in [0.3, 0.4) is 0 Å². The summed E-state index contributed by atoms with van der Waals surface area (Å²) in [6, 6.07) is 0.140. The summed E-state index contributed by atoms with van der Waals surface area (Å²) in [5, 5.41) is 0.280. The molecule has 0 aromatic carbocycles. The highest BCUT2D eigenvalue weighted by molar-refractivity contribution is 14.1. The van der Waals surface area contributed by atoms with Crippen molar-refractivity contribution in [3.05, 3.63) is 25.4 Å². The smallest absolute Gasteiger partial charge is 0.268 e. The van der Waals surface area contributed by atoms with Crippen molar-refractivity contribution in [2.75, 3.05) is 0 Å². The number of nitrogens with zero attached hydrogens (tertiary/aromatic N) is 2. The van der Waals surface area contributed by atoms with E-state index < -0.39 is 0 Å². The van der Waals surface area contributed by atoms with Crippen molar-refractivity contribution >= 4 is 34.2 Å². The molecule has 0 radical (unpaired) electrons. The van der Waals surface area contributed by atoms with Crippen LogP contribution in [0.2, 0.25) is 5.15 Å². The van der Waals surface area contributed by atoms with E-state index in [0.717, 1.165) is 0 Å². The summed E-state index contributed by atoms with van der Waals surface area (Å²) in [6.07, 6.45) is 1.51. The topological polar surface area (TPSA) is 34.9 Å². The average molecular weight is 327 g/mol. The maximum absolute atomic E-state index is 11.8. The first-order valence-corrected chi connectivity index (χ1v) is 5.83. The molecule has 1 aromatic rings. The van der Waals surface area contributed by atoms with E-state index in [-0.39, 0.29) is 16.8 Å². The lowest BCUT2D eigenvalue weighted by atomic mass is 10.1. The minimum atomic E-state index is -0.0631. The van der Waals surface area contributed by atoms with Gasteiger partial charge in [0.1, 0.15) is 8.72 Å². The van der Waals surface area contributed by atoms with Gasteiger partial charge in [-0.1, -0.05) is 25.4 Å². The number of rotatable bonds is 2. The van der Waals surface area contributed by atoms with Crippen LogP contribution in [0.25, 0.3) is 0 Å². The van der Waals surface area contributed by atoms with Crippen molar-refractivity contribution in [1.82, 2.24) is 9.55 Å². The molecule has 1 heterocycles. The molecule has 0 saturated heterocycles. The minimum absolute atomic E-state index is 0.0631. The molecule has 0 N–H and O–H groups in total. The Morgan fingerprint density at radius 3 is 2.57 bits per heavy atom. The third-order valence-corrected chi connectivity index (χ3v) is 3.88. The highest BCUT2D eigenvalue weighted by atomic mass is 127. The van der Waals surface area contributed by atoms with Gasteiger partial charge in [0.15, 0.2) is 0 Å². The van der Waals surface area contributed by atoms with Crippen LogP contribution in [-0.4, -0.2) is 9.55 Å². The lowest BCUT2D eigenvalue weighted by molar-refractivity contribution is 0.393. The van der Waals surface area contributed by atoms with Gasteiger partial charge in [-0.05, 0) is 35.4 Å². The second-order valence-electron chi connectivity index (χ2n) is 3.55. The molecule has 3 nitrogen and oxygen atoms in total. The van der Waals surface area contributed by atoms with Crippen LogP contribution in [0.15, 0.2) is 11.1 Å². The zero-order chi connectivity index (χ0) is 10.9. The van der Waals surface area contributed by atoms with Crippen LogP contribution in [0.4, 0.5) is 0 Å². The van der Waals surface area contributed by atoms with Gasteiger partial charge in [0.05, 0.1) is 6.33 Å². The predicted octanol–water partition coefficient (Wildman–Crippen LogP) is 2.72. The molecular weight excluding hydrogens is 314 g/mol. The Morgan fingerprint density at radius 1 is 1.50 bits per heavy atom. The number of hydrogen-bond acceptors (Lipinski definition) is 2. The Labute approximate surface area is 102 Å². The molecule has 14 heavy (non-hydrogen) atoms. The fourth-order valence-electron chi connectivity index (χ4n) is 1.03. The first kappa shape index (κ1) is 12.0. The van der Waals surface area contributed by atoms with E-state index in [2.05, 4.69) is 18.8 Å². The maximum Gasteiger partial charge on any atom is 0.268 e. The maximum atomic E-state index is 11.8. The van der Waals surface area contributed by atoms with E-state index in [1.807, 2.05) is 29.5 Å². The summed E-state index contributed by atoms with van der Waals surface area (Å²) >= 11 is 7.66. The summed E-state index contributed by atoms with van der Waals surface area (Å²) in [6.45, 7) is 6.13. The molecule has 0 fully saturated rings. The Balaban J connectivity index is 3.25. The Kier molecular flexibility index (Phi) is 3.94. The predicted molar refractivity (Wildman–Crippen MR) is 65.8 cm³/mol. The number of halogens is 2. The van der Waals surface area contributed by atoms with Gasteiger partial charge in [-0.2, -0.15) is 0 Å². The van der Waals surface area contributed by atoms with Crippen molar-refractivity contribution in [3.8, 4) is 0 Å². The number of aromatic nitrogens is 2. The van der Waals surface area contributed by atoms with E-state index in [9.17, 15) is 4.79 Å². The zero-order valence-electron chi connectivity index (χ0n) is 8.29. The summed E-state index contributed by atoms with van der Waals surface area (Å²) in [4.78, 5) is 15.7. The van der Waals surface area contributed by atoms with Crippen LogP contribution < -0.4 is 5.56 Å². The number of hydrogen-bond donors (Lipinski definition) is 0. The van der Waals surface area contributed by atoms with Gasteiger partial charge in [0.25, 0.3) is 5.56 Å². The molecule has 5 heteroatoms. The highest BCUT2D eigenvalue weighted by Crippen LogP contribution is 2.16. The van der Waals surface area contributed by atoms with Crippen LogP contribution in [0.5, 0.6) is 0 Å². The molecule has 0 aliphatic rings. The van der Waals surface area contributed by atoms with E-state index in [0.29, 0.717) is 9.49 Å². The Bertz CT molecular complexity index is 389. The summed E-state index contributed by atoms with van der Waals surface area (Å²) < 4.78 is 2.11. The fourth-order valence-corrected chi connectivity index (χ4v) is 1.58. The van der Waals surface area contributed by atoms with Gasteiger partial charge in [-0.15, -0.1) is 0 Å².